The van der Waals surface area contributed by atoms with Crippen LogP contribution < -0.4 is 10.4 Å². The minimum atomic E-state index is -1.10. The van der Waals surface area contributed by atoms with Gasteiger partial charge < -0.3 is 15.2 Å². The van der Waals surface area contributed by atoms with Crippen LogP contribution in [0.3, 0.4) is 0 Å². The van der Waals surface area contributed by atoms with E-state index in [0.29, 0.717) is 12.8 Å². The molecule has 1 fully saturated rings. The molecule has 2 aliphatic carbocycles. The fourth-order valence-electron chi connectivity index (χ4n) is 3.19. The smallest absolute Gasteiger partial charge is 0.224 e. The zero-order valence-electron chi connectivity index (χ0n) is 11.7. The van der Waals surface area contributed by atoms with E-state index in [1.54, 1.807) is 0 Å². The van der Waals surface area contributed by atoms with Gasteiger partial charge in [-0.2, -0.15) is 0 Å². The lowest BCUT2D eigenvalue weighted by atomic mass is 9.76. The average molecular weight is 264 g/mol. The third-order valence-corrected chi connectivity index (χ3v) is 4.61. The minimum absolute atomic E-state index is 0.104. The molecule has 2 rings (SSSR count). The van der Waals surface area contributed by atoms with Crippen LogP contribution in [-0.2, 0) is 9.59 Å². The molecular formula is C15H22NO3-. The lowest BCUT2D eigenvalue weighted by Gasteiger charge is -2.33. The monoisotopic (exact) mass is 264 g/mol. The van der Waals surface area contributed by atoms with E-state index in [1.165, 1.54) is 0 Å². The van der Waals surface area contributed by atoms with Crippen LogP contribution in [0.1, 0.15) is 52.4 Å². The van der Waals surface area contributed by atoms with Crippen molar-refractivity contribution in [2.24, 2.45) is 11.8 Å². The molecule has 19 heavy (non-hydrogen) atoms. The first-order valence-corrected chi connectivity index (χ1v) is 7.15. The molecule has 0 heterocycles. The number of amides is 1. The maximum absolute atomic E-state index is 12.3. The summed E-state index contributed by atoms with van der Waals surface area (Å²) in [5, 5.41) is 14.3. The fourth-order valence-corrected chi connectivity index (χ4v) is 3.19. The van der Waals surface area contributed by atoms with Crippen molar-refractivity contribution in [1.82, 2.24) is 5.32 Å². The molecule has 0 spiro atoms. The van der Waals surface area contributed by atoms with E-state index in [2.05, 4.69) is 5.32 Å². The lowest BCUT2D eigenvalue weighted by molar-refractivity contribution is -0.313. The van der Waals surface area contributed by atoms with Crippen LogP contribution in [-0.4, -0.2) is 17.9 Å². The van der Waals surface area contributed by atoms with Crippen molar-refractivity contribution in [2.45, 2.75) is 58.4 Å². The van der Waals surface area contributed by atoms with Gasteiger partial charge in [-0.15, -0.1) is 0 Å². The normalized spacial score (nSPS) is 28.5. The number of hydrogen-bond donors (Lipinski definition) is 1. The van der Waals surface area contributed by atoms with Gasteiger partial charge in [0.15, 0.2) is 0 Å². The maximum atomic E-state index is 12.3. The summed E-state index contributed by atoms with van der Waals surface area (Å²) in [6.45, 7) is 3.92. The Morgan fingerprint density at radius 3 is 2.11 bits per heavy atom. The highest BCUT2D eigenvalue weighted by Crippen LogP contribution is 2.34. The number of carbonyl (C=O) groups is 2. The highest BCUT2D eigenvalue weighted by molar-refractivity contribution is 5.85. The van der Waals surface area contributed by atoms with E-state index in [9.17, 15) is 14.7 Å². The molecule has 0 aliphatic heterocycles. The largest absolute Gasteiger partial charge is 0.550 e. The van der Waals surface area contributed by atoms with Gasteiger partial charge in [0.1, 0.15) is 0 Å². The van der Waals surface area contributed by atoms with E-state index >= 15 is 0 Å². The van der Waals surface area contributed by atoms with Crippen LogP contribution in [0.25, 0.3) is 0 Å². The number of nitrogens with one attached hydrogen (secondary N) is 1. The molecule has 0 bridgehead atoms. The molecule has 1 amide bonds. The van der Waals surface area contributed by atoms with E-state index in [1.807, 2.05) is 13.8 Å². The van der Waals surface area contributed by atoms with Gasteiger partial charge in [-0.25, -0.2) is 0 Å². The van der Waals surface area contributed by atoms with Crippen molar-refractivity contribution in [3.05, 3.63) is 11.1 Å². The second-order valence-electron chi connectivity index (χ2n) is 5.99. The maximum Gasteiger partial charge on any atom is 0.224 e. The zero-order chi connectivity index (χ0) is 14.0. The van der Waals surface area contributed by atoms with Gasteiger partial charge in [-0.3, -0.25) is 4.79 Å². The Kier molecular flexibility index (Phi) is 4.27. The molecule has 1 saturated carbocycles. The van der Waals surface area contributed by atoms with Crippen molar-refractivity contribution in [1.29, 1.82) is 0 Å². The molecule has 0 unspecified atom stereocenters. The van der Waals surface area contributed by atoms with Gasteiger partial charge in [0.05, 0.1) is 0 Å². The second-order valence-corrected chi connectivity index (χ2v) is 5.99. The third kappa shape index (κ3) is 3.17. The van der Waals surface area contributed by atoms with Gasteiger partial charge in [-0.1, -0.05) is 24.0 Å². The summed E-state index contributed by atoms with van der Waals surface area (Å²) in [4.78, 5) is 23.5. The van der Waals surface area contributed by atoms with Crippen LogP contribution in [0, 0.1) is 11.8 Å². The van der Waals surface area contributed by atoms with Crippen LogP contribution >= 0.6 is 0 Å². The van der Waals surface area contributed by atoms with Crippen molar-refractivity contribution in [3.8, 4) is 0 Å². The molecule has 4 nitrogen and oxygen atoms in total. The van der Waals surface area contributed by atoms with Crippen molar-refractivity contribution in [3.63, 3.8) is 0 Å². The Labute approximate surface area is 114 Å². The summed E-state index contributed by atoms with van der Waals surface area (Å²) in [7, 11) is 0. The summed E-state index contributed by atoms with van der Waals surface area (Å²) in [5.74, 6) is -2.34. The van der Waals surface area contributed by atoms with Crippen molar-refractivity contribution < 1.29 is 14.7 Å². The molecule has 0 radical (unpaired) electrons. The number of allylic oxidation sites excluding steroid dienone is 2. The molecule has 1 N–H and O–H groups in total. The minimum Gasteiger partial charge on any atom is -0.550 e. The Hall–Kier alpha value is -1.32. The summed E-state index contributed by atoms with van der Waals surface area (Å²) < 4.78 is 0. The number of rotatable bonds is 3. The van der Waals surface area contributed by atoms with Crippen molar-refractivity contribution >= 4 is 11.9 Å². The van der Waals surface area contributed by atoms with E-state index < -0.39 is 17.8 Å². The Morgan fingerprint density at radius 2 is 1.58 bits per heavy atom. The quantitative estimate of drug-likeness (QED) is 0.778. The number of aliphatic carboxylic acids is 1. The predicted octanol–water partition coefficient (Wildman–Crippen LogP) is 1.16. The third-order valence-electron chi connectivity index (χ3n) is 4.61. The standard InChI is InChI=1S/C15H23NO3/c1-9-7-12(13(15(18)19)8-10(9)2)14(17)16-11-5-3-4-6-11/h11-13H,3-8H2,1-2H3,(H,16,17)(H,18,19)/p-1/t12-,13+/m0/s1. The molecule has 0 saturated heterocycles. The number of carbonyl (C=O) groups excluding carboxylic acids is 2. The predicted molar refractivity (Wildman–Crippen MR) is 70.0 cm³/mol. The first-order chi connectivity index (χ1) is 8.99. The zero-order valence-corrected chi connectivity index (χ0v) is 11.7. The number of hydrogen-bond acceptors (Lipinski definition) is 3. The number of carboxylic acids is 1. The Balaban J connectivity index is 2.07. The molecule has 106 valence electrons. The van der Waals surface area contributed by atoms with Crippen LogP contribution in [0.2, 0.25) is 0 Å². The lowest BCUT2D eigenvalue weighted by Crippen LogP contribution is -2.46. The van der Waals surface area contributed by atoms with Gasteiger partial charge in [0, 0.05) is 23.8 Å². The van der Waals surface area contributed by atoms with Gasteiger partial charge >= 0.3 is 0 Å². The summed E-state index contributed by atoms with van der Waals surface area (Å²) >= 11 is 0. The van der Waals surface area contributed by atoms with Crippen LogP contribution in [0.4, 0.5) is 0 Å². The molecule has 0 aromatic carbocycles. The fraction of sp³-hybridized carbons (Fsp3) is 0.733. The molecule has 2 atom stereocenters. The SMILES string of the molecule is CC1=C(C)C[C@@H](C(=O)[O-])[C@@H](C(=O)NC2CCCC2)C1. The molecule has 2 aliphatic rings. The Bertz CT molecular complexity index is 408. The van der Waals surface area contributed by atoms with E-state index in [4.69, 9.17) is 0 Å². The first-order valence-electron chi connectivity index (χ1n) is 7.15. The number of carboxylic acid groups (broad SMARTS) is 1. The first kappa shape index (κ1) is 14.1. The van der Waals surface area contributed by atoms with Crippen molar-refractivity contribution in [2.75, 3.05) is 0 Å². The molecule has 0 aromatic rings. The highest BCUT2D eigenvalue weighted by atomic mass is 16.4. The Morgan fingerprint density at radius 1 is 1.05 bits per heavy atom. The van der Waals surface area contributed by atoms with Gasteiger partial charge in [0.2, 0.25) is 5.91 Å². The second kappa shape index (κ2) is 5.76. The van der Waals surface area contributed by atoms with Gasteiger partial charge in [-0.05, 0) is 39.5 Å². The van der Waals surface area contributed by atoms with Gasteiger partial charge in [0.25, 0.3) is 0 Å². The average Bonchev–Trinajstić information content (AvgIpc) is 2.84. The topological polar surface area (TPSA) is 69.2 Å². The summed E-state index contributed by atoms with van der Waals surface area (Å²) in [6, 6.07) is 0.238. The summed E-state index contributed by atoms with van der Waals surface area (Å²) in [5.41, 5.74) is 2.23. The van der Waals surface area contributed by atoms with Crippen LogP contribution in [0.5, 0.6) is 0 Å². The summed E-state index contributed by atoms with van der Waals surface area (Å²) in [6.07, 6.45) is 5.32. The highest BCUT2D eigenvalue weighted by Gasteiger charge is 2.34. The molecule has 0 aromatic heterocycles. The van der Waals surface area contributed by atoms with E-state index in [-0.39, 0.29) is 11.9 Å². The van der Waals surface area contributed by atoms with Crippen LogP contribution in [0.15, 0.2) is 11.1 Å². The molecular weight excluding hydrogens is 242 g/mol. The van der Waals surface area contributed by atoms with E-state index in [0.717, 1.165) is 36.8 Å². The molecule has 4 heteroatoms.